The Kier molecular flexibility index (Phi) is 3.06. The molecule has 0 aliphatic heterocycles. The molecule has 1 heteroatoms. The molecular weight excluding hydrogens is 218 g/mol. The Morgan fingerprint density at radius 2 is 1.72 bits per heavy atom. The van der Waals surface area contributed by atoms with Crippen LogP contribution >= 0.6 is 0 Å². The predicted octanol–water partition coefficient (Wildman–Crippen LogP) is 4.47. The summed E-state index contributed by atoms with van der Waals surface area (Å²) in [4.78, 5) is 0. The molecule has 1 unspecified atom stereocenters. The number of allylic oxidation sites excluding steroid dienone is 3. The van der Waals surface area contributed by atoms with Crippen molar-refractivity contribution in [1.82, 2.24) is 0 Å². The number of hydrogen-bond acceptors (Lipinski definition) is 1. The van der Waals surface area contributed by atoms with Gasteiger partial charge >= 0.3 is 0 Å². The summed E-state index contributed by atoms with van der Waals surface area (Å²) in [6.45, 7) is 3.74. The van der Waals surface area contributed by atoms with E-state index in [0.717, 1.165) is 24.2 Å². The molecule has 1 atom stereocenters. The van der Waals surface area contributed by atoms with Crippen molar-refractivity contribution < 1.29 is 0 Å². The van der Waals surface area contributed by atoms with Gasteiger partial charge in [0.05, 0.1) is 12.0 Å². The van der Waals surface area contributed by atoms with Gasteiger partial charge in [-0.25, -0.2) is 0 Å². The number of rotatable bonds is 4. The third kappa shape index (κ3) is 2.14. The van der Waals surface area contributed by atoms with Crippen molar-refractivity contribution in [2.24, 2.45) is 29.1 Å². The molecule has 0 amide bonds. The molecule has 0 aromatic rings. The average molecular weight is 241 g/mol. The van der Waals surface area contributed by atoms with Gasteiger partial charge in [-0.3, -0.25) is 0 Å². The molecule has 0 spiro atoms. The van der Waals surface area contributed by atoms with E-state index < -0.39 is 0 Å². The minimum absolute atomic E-state index is 0.0375. The van der Waals surface area contributed by atoms with Crippen LogP contribution in [0.15, 0.2) is 24.8 Å². The van der Waals surface area contributed by atoms with Crippen LogP contribution in [0.3, 0.4) is 0 Å². The fourth-order valence-corrected chi connectivity index (χ4v) is 5.06. The summed E-state index contributed by atoms with van der Waals surface area (Å²) >= 11 is 0. The van der Waals surface area contributed by atoms with Crippen LogP contribution in [0.1, 0.15) is 44.9 Å². The van der Waals surface area contributed by atoms with Gasteiger partial charge in [0.15, 0.2) is 0 Å². The van der Waals surface area contributed by atoms with E-state index in [9.17, 15) is 0 Å². The zero-order valence-electron chi connectivity index (χ0n) is 11.1. The molecule has 0 saturated heterocycles. The summed E-state index contributed by atoms with van der Waals surface area (Å²) in [6.07, 6.45) is 15.9. The highest BCUT2D eigenvalue weighted by Crippen LogP contribution is 2.60. The molecule has 0 aromatic heterocycles. The maximum absolute atomic E-state index is 9.12. The Morgan fingerprint density at radius 3 is 2.17 bits per heavy atom. The quantitative estimate of drug-likeness (QED) is 0.666. The number of nitrogens with zero attached hydrogens (tertiary/aromatic N) is 1. The first-order chi connectivity index (χ1) is 8.73. The van der Waals surface area contributed by atoms with Gasteiger partial charge in [0, 0.05) is 0 Å². The minimum Gasteiger partial charge on any atom is -0.198 e. The van der Waals surface area contributed by atoms with Crippen molar-refractivity contribution in [2.45, 2.75) is 44.9 Å². The van der Waals surface area contributed by atoms with E-state index in [1.54, 1.807) is 0 Å². The summed E-state index contributed by atoms with van der Waals surface area (Å²) in [7, 11) is 0. The fraction of sp³-hybridized carbons (Fsp3) is 0.706. The third-order valence-corrected chi connectivity index (χ3v) is 5.35. The lowest BCUT2D eigenvalue weighted by Crippen LogP contribution is -2.45. The standard InChI is InChI=1S/C17H23N/c1-2-3-13(12-18)4-5-17-9-14-6-15(10-17)8-16(7-14)11-17/h2,4-5,13-16H,1,3,6-11H2/b5-4+. The van der Waals surface area contributed by atoms with E-state index in [0.29, 0.717) is 5.41 Å². The molecular formula is C17H23N. The maximum atomic E-state index is 9.12. The molecule has 4 saturated carbocycles. The van der Waals surface area contributed by atoms with E-state index in [2.05, 4.69) is 24.8 Å². The van der Waals surface area contributed by atoms with Gasteiger partial charge in [0.1, 0.15) is 0 Å². The van der Waals surface area contributed by atoms with Gasteiger partial charge in [0.2, 0.25) is 0 Å². The van der Waals surface area contributed by atoms with Crippen LogP contribution in [0.5, 0.6) is 0 Å². The molecule has 96 valence electrons. The maximum Gasteiger partial charge on any atom is 0.0700 e. The normalized spacial score (nSPS) is 42.9. The second kappa shape index (κ2) is 4.57. The summed E-state index contributed by atoms with van der Waals surface area (Å²) in [5.74, 6) is 3.00. The van der Waals surface area contributed by atoms with Crippen molar-refractivity contribution in [1.29, 1.82) is 5.26 Å². The zero-order chi connectivity index (χ0) is 12.6. The highest BCUT2D eigenvalue weighted by Gasteiger charge is 2.49. The summed E-state index contributed by atoms with van der Waals surface area (Å²) in [6, 6.07) is 2.38. The summed E-state index contributed by atoms with van der Waals surface area (Å²) in [5, 5.41) is 9.12. The van der Waals surface area contributed by atoms with Crippen molar-refractivity contribution in [3.63, 3.8) is 0 Å². The van der Waals surface area contributed by atoms with Gasteiger partial charge in [-0.1, -0.05) is 18.2 Å². The molecule has 1 nitrogen and oxygen atoms in total. The number of nitriles is 1. The van der Waals surface area contributed by atoms with E-state index in [1.165, 1.54) is 38.5 Å². The van der Waals surface area contributed by atoms with Crippen LogP contribution < -0.4 is 0 Å². The first-order valence-electron chi connectivity index (χ1n) is 7.43. The average Bonchev–Trinajstić information content (AvgIpc) is 2.33. The van der Waals surface area contributed by atoms with Gasteiger partial charge in [-0.05, 0) is 68.1 Å². The van der Waals surface area contributed by atoms with Crippen molar-refractivity contribution in [2.75, 3.05) is 0 Å². The van der Waals surface area contributed by atoms with Crippen LogP contribution in [-0.2, 0) is 0 Å². The molecule has 18 heavy (non-hydrogen) atoms. The van der Waals surface area contributed by atoms with Gasteiger partial charge in [0.25, 0.3) is 0 Å². The van der Waals surface area contributed by atoms with Gasteiger partial charge in [-0.2, -0.15) is 5.26 Å². The first kappa shape index (κ1) is 12.0. The van der Waals surface area contributed by atoms with Crippen molar-refractivity contribution in [3.8, 4) is 6.07 Å². The minimum atomic E-state index is 0.0375. The Labute approximate surface area is 111 Å². The SMILES string of the molecule is C=CCC(C#N)/C=C/C12CC3CC(CC(C3)C1)C2. The Balaban J connectivity index is 1.74. The first-order valence-corrected chi connectivity index (χ1v) is 7.43. The fourth-order valence-electron chi connectivity index (χ4n) is 5.06. The molecule has 4 fully saturated rings. The Morgan fingerprint density at radius 1 is 1.17 bits per heavy atom. The topological polar surface area (TPSA) is 23.8 Å². The van der Waals surface area contributed by atoms with Crippen LogP contribution in [0, 0.1) is 40.4 Å². The molecule has 0 radical (unpaired) electrons. The summed E-state index contributed by atoms with van der Waals surface area (Å²) in [5.41, 5.74) is 0.463. The zero-order valence-corrected chi connectivity index (χ0v) is 11.1. The second-order valence-electron chi connectivity index (χ2n) is 6.90. The van der Waals surface area contributed by atoms with E-state index in [-0.39, 0.29) is 5.92 Å². The van der Waals surface area contributed by atoms with Gasteiger partial charge < -0.3 is 0 Å². The monoisotopic (exact) mass is 241 g/mol. The molecule has 4 bridgehead atoms. The predicted molar refractivity (Wildman–Crippen MR) is 73.7 cm³/mol. The smallest absolute Gasteiger partial charge is 0.0700 e. The molecule has 4 rings (SSSR count). The Hall–Kier alpha value is -1.03. The van der Waals surface area contributed by atoms with E-state index >= 15 is 0 Å². The van der Waals surface area contributed by atoms with Crippen LogP contribution in [0.25, 0.3) is 0 Å². The van der Waals surface area contributed by atoms with Crippen LogP contribution in [0.2, 0.25) is 0 Å². The lowest BCUT2D eigenvalue weighted by Gasteiger charge is -2.56. The van der Waals surface area contributed by atoms with Crippen LogP contribution in [0.4, 0.5) is 0 Å². The largest absolute Gasteiger partial charge is 0.198 e. The lowest BCUT2D eigenvalue weighted by atomic mass is 9.49. The van der Waals surface area contributed by atoms with E-state index in [1.807, 2.05) is 6.08 Å². The van der Waals surface area contributed by atoms with Gasteiger partial charge in [-0.15, -0.1) is 6.58 Å². The highest BCUT2D eigenvalue weighted by molar-refractivity contribution is 5.14. The number of hydrogen-bond donors (Lipinski definition) is 0. The van der Waals surface area contributed by atoms with Crippen molar-refractivity contribution >= 4 is 0 Å². The Bertz CT molecular complexity index is 363. The van der Waals surface area contributed by atoms with Crippen LogP contribution in [-0.4, -0.2) is 0 Å². The lowest BCUT2D eigenvalue weighted by molar-refractivity contribution is -0.0239. The molecule has 0 heterocycles. The second-order valence-corrected chi connectivity index (χ2v) is 6.90. The van der Waals surface area contributed by atoms with Crippen molar-refractivity contribution in [3.05, 3.63) is 24.8 Å². The third-order valence-electron chi connectivity index (χ3n) is 5.35. The molecule has 4 aliphatic carbocycles. The molecule has 0 aromatic carbocycles. The summed E-state index contributed by atoms with van der Waals surface area (Å²) < 4.78 is 0. The van der Waals surface area contributed by atoms with E-state index in [4.69, 9.17) is 5.26 Å². The molecule has 0 N–H and O–H groups in total. The molecule has 4 aliphatic rings. The highest BCUT2D eigenvalue weighted by atomic mass is 14.5.